The topological polar surface area (TPSA) is 29.1 Å². The molecule has 1 aromatic rings. The molecule has 0 spiro atoms. The number of hydrogen-bond donors (Lipinski definition) is 1. The van der Waals surface area contributed by atoms with E-state index in [0.29, 0.717) is 5.92 Å². The Morgan fingerprint density at radius 2 is 2.00 bits per heavy atom. The fraction of sp³-hybridized carbons (Fsp3) is 0.500. The Labute approximate surface area is 111 Å². The highest BCUT2D eigenvalue weighted by atomic mass is 79.9. The first-order chi connectivity index (χ1) is 8.08. The molecule has 92 valence electrons. The summed E-state index contributed by atoms with van der Waals surface area (Å²) in [5, 5.41) is 2.97. The van der Waals surface area contributed by atoms with Crippen LogP contribution in [0.3, 0.4) is 0 Å². The van der Waals surface area contributed by atoms with E-state index in [0.717, 1.165) is 12.1 Å². The van der Waals surface area contributed by atoms with Crippen molar-refractivity contribution in [1.82, 2.24) is 0 Å². The van der Waals surface area contributed by atoms with Crippen LogP contribution < -0.4 is 5.32 Å². The van der Waals surface area contributed by atoms with Crippen molar-refractivity contribution in [2.75, 3.05) is 5.32 Å². The number of hydrogen-bond acceptors (Lipinski definition) is 1. The lowest BCUT2D eigenvalue weighted by Gasteiger charge is -2.14. The number of nitrogens with one attached hydrogen (secondary N) is 1. The summed E-state index contributed by atoms with van der Waals surface area (Å²) in [6.45, 7) is 4.06. The average molecular weight is 296 g/mol. The molecule has 0 aromatic heterocycles. The van der Waals surface area contributed by atoms with Gasteiger partial charge in [-0.1, -0.05) is 35.8 Å². The molecule has 0 radical (unpaired) electrons. The molecule has 2 rings (SSSR count). The van der Waals surface area contributed by atoms with E-state index in [1.54, 1.807) is 0 Å². The summed E-state index contributed by atoms with van der Waals surface area (Å²) in [7, 11) is 0. The number of benzene rings is 1. The summed E-state index contributed by atoms with van der Waals surface area (Å²) in [6.07, 6.45) is 3.55. The summed E-state index contributed by atoms with van der Waals surface area (Å²) in [4.78, 5) is 11.8. The highest BCUT2D eigenvalue weighted by Crippen LogP contribution is 2.25. The number of anilines is 1. The zero-order valence-corrected chi connectivity index (χ0v) is 11.9. The minimum absolute atomic E-state index is 0.0398. The Hall–Kier alpha value is -0.830. The van der Waals surface area contributed by atoms with E-state index in [4.69, 9.17) is 0 Å². The highest BCUT2D eigenvalue weighted by molar-refractivity contribution is 9.10. The van der Waals surface area contributed by atoms with Crippen molar-refractivity contribution in [3.63, 3.8) is 0 Å². The summed E-state index contributed by atoms with van der Waals surface area (Å²) < 4.78 is 0. The summed E-state index contributed by atoms with van der Waals surface area (Å²) >= 11 is 3.42. The quantitative estimate of drug-likeness (QED) is 0.849. The Balaban J connectivity index is 2.07. The number of carbonyl (C=O) groups excluding carboxylic acids is 1. The van der Waals surface area contributed by atoms with Gasteiger partial charge in [-0.25, -0.2) is 0 Å². The molecule has 17 heavy (non-hydrogen) atoms. The first-order valence-corrected chi connectivity index (χ1v) is 7.06. The van der Waals surface area contributed by atoms with Crippen LogP contribution in [0.25, 0.3) is 0 Å². The summed E-state index contributed by atoms with van der Waals surface area (Å²) in [5.74, 6) is 0.336. The van der Waals surface area contributed by atoms with Gasteiger partial charge in [-0.3, -0.25) is 4.79 Å². The fourth-order valence-electron chi connectivity index (χ4n) is 2.16. The maximum absolute atomic E-state index is 11.9. The molecule has 1 N–H and O–H groups in total. The van der Waals surface area contributed by atoms with Gasteiger partial charge in [-0.05, 0) is 48.4 Å². The molecular formula is C14H18BrNO. The minimum Gasteiger partial charge on any atom is -0.325 e. The maximum Gasteiger partial charge on any atom is 0.238 e. The molecule has 0 heterocycles. The van der Waals surface area contributed by atoms with Crippen molar-refractivity contribution >= 4 is 27.5 Å². The van der Waals surface area contributed by atoms with Gasteiger partial charge < -0.3 is 5.32 Å². The molecule has 1 aliphatic carbocycles. The third kappa shape index (κ3) is 2.89. The van der Waals surface area contributed by atoms with Gasteiger partial charge in [-0.2, -0.15) is 0 Å². The summed E-state index contributed by atoms with van der Waals surface area (Å²) in [5.41, 5.74) is 3.74. The van der Waals surface area contributed by atoms with Crippen LogP contribution in [0.4, 0.5) is 5.69 Å². The van der Waals surface area contributed by atoms with Gasteiger partial charge in [0.05, 0.1) is 4.83 Å². The van der Waals surface area contributed by atoms with Crippen molar-refractivity contribution < 1.29 is 4.79 Å². The first-order valence-electron chi connectivity index (χ1n) is 6.14. The number of halogens is 1. The summed E-state index contributed by atoms with van der Waals surface area (Å²) in [6, 6.07) is 6.25. The third-order valence-electron chi connectivity index (χ3n) is 3.20. The lowest BCUT2D eigenvalue weighted by molar-refractivity contribution is -0.116. The Morgan fingerprint density at radius 3 is 2.71 bits per heavy atom. The van der Waals surface area contributed by atoms with Crippen LogP contribution in [0.1, 0.15) is 31.4 Å². The normalized spacial score (nSPS) is 15.8. The second kappa shape index (κ2) is 5.21. The lowest BCUT2D eigenvalue weighted by atomic mass is 10.1. The molecule has 3 heteroatoms. The molecule has 1 atom stereocenters. The van der Waals surface area contributed by atoms with Crippen molar-refractivity contribution in [2.24, 2.45) is 5.92 Å². The molecule has 0 bridgehead atoms. The van der Waals surface area contributed by atoms with E-state index >= 15 is 0 Å². The van der Waals surface area contributed by atoms with Crippen LogP contribution in [0.2, 0.25) is 0 Å². The smallest absolute Gasteiger partial charge is 0.238 e. The van der Waals surface area contributed by atoms with Crippen LogP contribution in [-0.2, 0) is 17.6 Å². The largest absolute Gasteiger partial charge is 0.325 e. The van der Waals surface area contributed by atoms with Crippen molar-refractivity contribution in [1.29, 1.82) is 0 Å². The van der Waals surface area contributed by atoms with Crippen molar-refractivity contribution in [3.8, 4) is 0 Å². The molecular weight excluding hydrogens is 278 g/mol. The van der Waals surface area contributed by atoms with Crippen molar-refractivity contribution in [3.05, 3.63) is 29.3 Å². The van der Waals surface area contributed by atoms with Crippen molar-refractivity contribution in [2.45, 2.75) is 37.9 Å². The molecule has 1 aromatic carbocycles. The predicted molar refractivity (Wildman–Crippen MR) is 74.6 cm³/mol. The fourth-order valence-corrected chi connectivity index (χ4v) is 2.28. The van der Waals surface area contributed by atoms with Gasteiger partial charge in [0.15, 0.2) is 0 Å². The van der Waals surface area contributed by atoms with Crippen LogP contribution in [0.15, 0.2) is 18.2 Å². The number of carbonyl (C=O) groups is 1. The van der Waals surface area contributed by atoms with Crippen LogP contribution >= 0.6 is 15.9 Å². The van der Waals surface area contributed by atoms with Gasteiger partial charge in [0.2, 0.25) is 5.91 Å². The Kier molecular flexibility index (Phi) is 3.87. The highest BCUT2D eigenvalue weighted by Gasteiger charge is 2.19. The van der Waals surface area contributed by atoms with Crippen LogP contribution in [0, 0.1) is 5.92 Å². The van der Waals surface area contributed by atoms with Gasteiger partial charge >= 0.3 is 0 Å². The first kappa shape index (κ1) is 12.6. The molecule has 0 unspecified atom stereocenters. The van der Waals surface area contributed by atoms with E-state index in [9.17, 15) is 4.79 Å². The number of alkyl halides is 1. The van der Waals surface area contributed by atoms with Gasteiger partial charge in [0.25, 0.3) is 0 Å². The monoisotopic (exact) mass is 295 g/mol. The molecule has 1 aliphatic rings. The van der Waals surface area contributed by atoms with Gasteiger partial charge in [0.1, 0.15) is 0 Å². The SMILES string of the molecule is CC(C)[C@@H](Br)C(=O)Nc1ccc2c(c1)CCC2. The zero-order chi connectivity index (χ0) is 12.4. The molecule has 0 saturated carbocycles. The Bertz CT molecular complexity index is 428. The zero-order valence-electron chi connectivity index (χ0n) is 10.3. The number of rotatable bonds is 3. The van der Waals surface area contributed by atoms with E-state index in [-0.39, 0.29) is 10.7 Å². The van der Waals surface area contributed by atoms with E-state index < -0.39 is 0 Å². The second-order valence-corrected chi connectivity index (χ2v) is 5.96. The van der Waals surface area contributed by atoms with Crippen LogP contribution in [-0.4, -0.2) is 10.7 Å². The molecule has 0 aliphatic heterocycles. The lowest BCUT2D eigenvalue weighted by Crippen LogP contribution is -2.27. The van der Waals surface area contributed by atoms with E-state index in [2.05, 4.69) is 33.4 Å². The van der Waals surface area contributed by atoms with E-state index in [1.165, 1.54) is 24.0 Å². The predicted octanol–water partition coefficient (Wildman–Crippen LogP) is 3.53. The standard InChI is InChI=1S/C14H18BrNO/c1-9(2)13(15)14(17)16-12-7-6-10-4-3-5-11(10)8-12/h6-9,13H,3-5H2,1-2H3,(H,16,17)/t13-/m1/s1. The number of aryl methyl sites for hydroxylation is 2. The maximum atomic E-state index is 11.9. The second-order valence-electron chi connectivity index (χ2n) is 4.97. The third-order valence-corrected chi connectivity index (χ3v) is 4.67. The number of fused-ring (bicyclic) bond motifs is 1. The van der Waals surface area contributed by atoms with E-state index in [1.807, 2.05) is 19.9 Å². The molecule has 1 amide bonds. The molecule has 2 nitrogen and oxygen atoms in total. The van der Waals surface area contributed by atoms with Crippen LogP contribution in [0.5, 0.6) is 0 Å². The minimum atomic E-state index is -0.129. The Morgan fingerprint density at radius 1 is 1.29 bits per heavy atom. The molecule has 0 saturated heterocycles. The van der Waals surface area contributed by atoms with Gasteiger partial charge in [0, 0.05) is 5.69 Å². The molecule has 0 fully saturated rings. The number of amides is 1. The average Bonchev–Trinajstić information content (AvgIpc) is 2.74. The van der Waals surface area contributed by atoms with Gasteiger partial charge in [-0.15, -0.1) is 0 Å².